The number of benzene rings is 1. The first kappa shape index (κ1) is 14.8. The van der Waals surface area contributed by atoms with Gasteiger partial charge in [-0.05, 0) is 45.4 Å². The van der Waals surface area contributed by atoms with Crippen LogP contribution < -0.4 is 10.0 Å². The largest absolute Gasteiger partial charge is 0.399 e. The summed E-state index contributed by atoms with van der Waals surface area (Å²) in [4.78, 5) is 0. The first-order valence-corrected chi connectivity index (χ1v) is 7.52. The molecule has 4 nitrogen and oxygen atoms in total. The molecule has 5 heteroatoms. The van der Waals surface area contributed by atoms with Crippen molar-refractivity contribution in [2.75, 3.05) is 16.6 Å². The fourth-order valence-electron chi connectivity index (χ4n) is 1.60. The van der Waals surface area contributed by atoms with Crippen molar-refractivity contribution in [1.82, 2.24) is 0 Å². The molecule has 0 radical (unpaired) electrons. The number of nitrogens with two attached hydrogens (primary N) is 1. The van der Waals surface area contributed by atoms with Crippen LogP contribution in [0.2, 0.25) is 0 Å². The molecule has 0 aromatic heterocycles. The minimum absolute atomic E-state index is 0.461. The molecule has 0 saturated carbocycles. The molecular weight excluding hydrogens is 248 g/mol. The summed E-state index contributed by atoms with van der Waals surface area (Å²) in [6.07, 6.45) is 0.754. The number of hydrogen-bond acceptors (Lipinski definition) is 3. The molecule has 0 amide bonds. The van der Waals surface area contributed by atoms with E-state index >= 15 is 0 Å². The van der Waals surface area contributed by atoms with Gasteiger partial charge in [-0.15, -0.1) is 0 Å². The topological polar surface area (TPSA) is 63.4 Å². The van der Waals surface area contributed by atoms with Crippen molar-refractivity contribution in [3.05, 3.63) is 24.3 Å². The van der Waals surface area contributed by atoms with Crippen LogP contribution in [-0.4, -0.2) is 19.7 Å². The first-order valence-electron chi connectivity index (χ1n) is 6.08. The highest BCUT2D eigenvalue weighted by molar-refractivity contribution is 7.94. The van der Waals surface area contributed by atoms with Gasteiger partial charge in [-0.3, -0.25) is 4.31 Å². The molecule has 1 rings (SSSR count). The summed E-state index contributed by atoms with van der Waals surface area (Å²) in [5.41, 5.74) is 6.92. The van der Waals surface area contributed by atoms with Crippen molar-refractivity contribution >= 4 is 21.4 Å². The zero-order chi connectivity index (χ0) is 14.0. The predicted octanol–water partition coefficient (Wildman–Crippen LogP) is 2.61. The molecule has 0 aliphatic carbocycles. The van der Waals surface area contributed by atoms with Crippen LogP contribution in [0.4, 0.5) is 11.4 Å². The lowest BCUT2D eigenvalue weighted by atomic mass is 10.3. The molecule has 1 aromatic carbocycles. The fourth-order valence-corrected chi connectivity index (χ4v) is 3.08. The van der Waals surface area contributed by atoms with Gasteiger partial charge in [-0.2, -0.15) is 0 Å². The maximum absolute atomic E-state index is 12.5. The quantitative estimate of drug-likeness (QED) is 0.855. The van der Waals surface area contributed by atoms with E-state index in [0.717, 1.165) is 6.42 Å². The second-order valence-corrected chi connectivity index (χ2v) is 7.90. The predicted molar refractivity (Wildman–Crippen MR) is 77.2 cm³/mol. The SMILES string of the molecule is CCCN(c1cccc(N)c1)S(=O)(=O)C(C)(C)C. The van der Waals surface area contributed by atoms with Gasteiger partial charge in [-0.1, -0.05) is 13.0 Å². The summed E-state index contributed by atoms with van der Waals surface area (Å²) >= 11 is 0. The smallest absolute Gasteiger partial charge is 0.240 e. The molecule has 0 spiro atoms. The Morgan fingerprint density at radius 1 is 1.28 bits per heavy atom. The highest BCUT2D eigenvalue weighted by atomic mass is 32.2. The van der Waals surface area contributed by atoms with Crippen molar-refractivity contribution in [3.8, 4) is 0 Å². The normalized spacial score (nSPS) is 12.4. The number of nitrogen functional groups attached to an aromatic ring is 1. The van der Waals surface area contributed by atoms with Crippen LogP contribution in [0.15, 0.2) is 24.3 Å². The molecule has 2 N–H and O–H groups in total. The second kappa shape index (κ2) is 5.18. The van der Waals surface area contributed by atoms with E-state index in [1.165, 1.54) is 4.31 Å². The van der Waals surface area contributed by atoms with Crippen molar-refractivity contribution in [1.29, 1.82) is 0 Å². The van der Waals surface area contributed by atoms with Gasteiger partial charge < -0.3 is 5.73 Å². The summed E-state index contributed by atoms with van der Waals surface area (Å²) in [6.45, 7) is 7.53. The van der Waals surface area contributed by atoms with Crippen LogP contribution in [0.25, 0.3) is 0 Å². The Morgan fingerprint density at radius 2 is 1.89 bits per heavy atom. The van der Waals surface area contributed by atoms with E-state index in [2.05, 4.69) is 0 Å². The van der Waals surface area contributed by atoms with Crippen molar-refractivity contribution in [2.24, 2.45) is 0 Å². The van der Waals surface area contributed by atoms with Crippen molar-refractivity contribution in [3.63, 3.8) is 0 Å². The molecule has 0 fully saturated rings. The van der Waals surface area contributed by atoms with Gasteiger partial charge in [0.25, 0.3) is 0 Å². The summed E-state index contributed by atoms with van der Waals surface area (Å²) in [6, 6.07) is 6.98. The Hall–Kier alpha value is -1.23. The molecule has 102 valence electrons. The number of nitrogens with zero attached hydrogens (tertiary/aromatic N) is 1. The van der Waals surface area contributed by atoms with E-state index < -0.39 is 14.8 Å². The van der Waals surface area contributed by atoms with E-state index in [9.17, 15) is 8.42 Å². The molecule has 0 aliphatic rings. The average Bonchev–Trinajstić information content (AvgIpc) is 2.24. The highest BCUT2D eigenvalue weighted by Crippen LogP contribution is 2.27. The van der Waals surface area contributed by atoms with Gasteiger partial charge in [0, 0.05) is 12.2 Å². The van der Waals surface area contributed by atoms with Crippen molar-refractivity contribution in [2.45, 2.75) is 38.9 Å². The van der Waals surface area contributed by atoms with Crippen LogP contribution >= 0.6 is 0 Å². The monoisotopic (exact) mass is 270 g/mol. The Kier molecular flexibility index (Phi) is 4.27. The number of rotatable bonds is 4. The van der Waals surface area contributed by atoms with Crippen molar-refractivity contribution < 1.29 is 8.42 Å². The van der Waals surface area contributed by atoms with Crippen LogP contribution in [0.3, 0.4) is 0 Å². The van der Waals surface area contributed by atoms with Gasteiger partial charge >= 0.3 is 0 Å². The van der Waals surface area contributed by atoms with Crippen LogP contribution in [0.1, 0.15) is 34.1 Å². The van der Waals surface area contributed by atoms with Gasteiger partial charge in [0.15, 0.2) is 0 Å². The third-order valence-corrected chi connectivity index (χ3v) is 5.17. The van der Waals surface area contributed by atoms with Gasteiger partial charge in [0.1, 0.15) is 0 Å². The molecule has 0 heterocycles. The minimum atomic E-state index is -3.39. The van der Waals surface area contributed by atoms with Crippen LogP contribution in [0, 0.1) is 0 Å². The van der Waals surface area contributed by atoms with Gasteiger partial charge in [-0.25, -0.2) is 8.42 Å². The Labute approximate surface area is 110 Å². The number of sulfonamides is 1. The number of hydrogen-bond donors (Lipinski definition) is 1. The fraction of sp³-hybridized carbons (Fsp3) is 0.538. The third kappa shape index (κ3) is 2.96. The van der Waals surface area contributed by atoms with Gasteiger partial charge in [0.2, 0.25) is 10.0 Å². The molecule has 0 bridgehead atoms. The molecular formula is C13H22N2O2S. The number of anilines is 2. The molecule has 18 heavy (non-hydrogen) atoms. The highest BCUT2D eigenvalue weighted by Gasteiger charge is 2.35. The van der Waals surface area contributed by atoms with Crippen LogP contribution in [-0.2, 0) is 10.0 Å². The summed E-state index contributed by atoms with van der Waals surface area (Å²) in [7, 11) is -3.39. The summed E-state index contributed by atoms with van der Waals surface area (Å²) in [5, 5.41) is 0. The second-order valence-electron chi connectivity index (χ2n) is 5.28. The van der Waals surface area contributed by atoms with Gasteiger partial charge in [0.05, 0.1) is 10.4 Å². The average molecular weight is 270 g/mol. The first-order chi connectivity index (χ1) is 8.20. The Morgan fingerprint density at radius 3 is 2.33 bits per heavy atom. The Bertz CT molecular complexity index is 504. The zero-order valence-electron chi connectivity index (χ0n) is 11.5. The molecule has 0 saturated heterocycles. The third-order valence-electron chi connectivity index (χ3n) is 2.65. The van der Waals surface area contributed by atoms with E-state index in [4.69, 9.17) is 5.73 Å². The molecule has 0 atom stereocenters. The molecule has 0 aliphatic heterocycles. The van der Waals surface area contributed by atoms with E-state index in [1.54, 1.807) is 45.0 Å². The summed E-state index contributed by atoms with van der Waals surface area (Å²) in [5.74, 6) is 0. The minimum Gasteiger partial charge on any atom is -0.399 e. The lowest BCUT2D eigenvalue weighted by Crippen LogP contribution is -2.43. The van der Waals surface area contributed by atoms with Crippen LogP contribution in [0.5, 0.6) is 0 Å². The molecule has 1 aromatic rings. The maximum atomic E-state index is 12.5. The lowest BCUT2D eigenvalue weighted by Gasteiger charge is -2.31. The Balaban J connectivity index is 3.27. The van der Waals surface area contributed by atoms with E-state index in [0.29, 0.717) is 17.9 Å². The summed E-state index contributed by atoms with van der Waals surface area (Å²) < 4.78 is 25.7. The maximum Gasteiger partial charge on any atom is 0.240 e. The zero-order valence-corrected chi connectivity index (χ0v) is 12.3. The van der Waals surface area contributed by atoms with E-state index in [-0.39, 0.29) is 0 Å². The van der Waals surface area contributed by atoms with E-state index in [1.807, 2.05) is 6.92 Å². The standard InChI is InChI=1S/C13H22N2O2S/c1-5-9-15(18(16,17)13(2,3)4)12-8-6-7-11(14)10-12/h6-8,10H,5,9,14H2,1-4H3. The lowest BCUT2D eigenvalue weighted by molar-refractivity contribution is 0.554. The molecule has 0 unspecified atom stereocenters.